The van der Waals surface area contributed by atoms with Crippen LogP contribution in [0.1, 0.15) is 10.5 Å². The Bertz CT molecular complexity index is 643. The Hall–Kier alpha value is -1.52. The number of benzene rings is 1. The third-order valence-electron chi connectivity index (χ3n) is 2.43. The van der Waals surface area contributed by atoms with Gasteiger partial charge in [-0.2, -0.15) is 0 Å². The fourth-order valence-electron chi connectivity index (χ4n) is 1.56. The summed E-state index contributed by atoms with van der Waals surface area (Å²) in [7, 11) is 1.49. The second-order valence-corrected chi connectivity index (χ2v) is 4.25. The summed E-state index contributed by atoms with van der Waals surface area (Å²) in [5.41, 5.74) is 0.271. The summed E-state index contributed by atoms with van der Waals surface area (Å²) in [6.07, 6.45) is 0.546. The van der Waals surface area contributed by atoms with Gasteiger partial charge in [-0.15, -0.1) is 0 Å². The first-order chi connectivity index (χ1) is 8.06. The van der Waals surface area contributed by atoms with Gasteiger partial charge in [-0.3, -0.25) is 13.9 Å². The van der Waals surface area contributed by atoms with Crippen molar-refractivity contribution in [2.45, 2.75) is 0 Å². The monoisotopic (exact) mass is 270 g/mol. The molecule has 0 amide bonds. The van der Waals surface area contributed by atoms with E-state index in [-0.39, 0.29) is 16.5 Å². The Kier molecular flexibility index (Phi) is 3.09. The van der Waals surface area contributed by atoms with Crippen molar-refractivity contribution in [2.75, 3.05) is 0 Å². The molecule has 88 valence electrons. The zero-order valence-electron chi connectivity index (χ0n) is 8.85. The van der Waals surface area contributed by atoms with Crippen molar-refractivity contribution < 1.29 is 4.79 Å². The molecule has 0 fully saturated rings. The standard InChI is InChI=1S/C11H8Cl2N2O2/c1-14-9(6-16)10(13)15(11(14)17)8-4-2-3-7(12)5-8/h2-6H,1H3. The minimum Gasteiger partial charge on any atom is -0.296 e. The molecule has 17 heavy (non-hydrogen) atoms. The van der Waals surface area contributed by atoms with Crippen molar-refractivity contribution in [1.29, 1.82) is 0 Å². The Morgan fingerprint density at radius 1 is 1.29 bits per heavy atom. The van der Waals surface area contributed by atoms with Crippen molar-refractivity contribution in [3.63, 3.8) is 0 Å². The number of aromatic nitrogens is 2. The first-order valence-corrected chi connectivity index (χ1v) is 5.50. The summed E-state index contributed by atoms with van der Waals surface area (Å²) in [5.74, 6) is 0. The molecule has 0 aliphatic carbocycles. The van der Waals surface area contributed by atoms with Crippen molar-refractivity contribution in [3.8, 4) is 5.69 Å². The van der Waals surface area contributed by atoms with Crippen molar-refractivity contribution in [1.82, 2.24) is 9.13 Å². The molecule has 0 spiro atoms. The van der Waals surface area contributed by atoms with E-state index in [4.69, 9.17) is 23.2 Å². The lowest BCUT2D eigenvalue weighted by molar-refractivity contribution is 0.111. The maximum absolute atomic E-state index is 11.9. The van der Waals surface area contributed by atoms with Crippen molar-refractivity contribution >= 4 is 29.5 Å². The van der Waals surface area contributed by atoms with Crippen LogP contribution in [0.25, 0.3) is 5.69 Å². The number of carbonyl (C=O) groups is 1. The summed E-state index contributed by atoms with van der Waals surface area (Å²) >= 11 is 11.8. The quantitative estimate of drug-likeness (QED) is 0.786. The smallest absolute Gasteiger partial charge is 0.296 e. The highest BCUT2D eigenvalue weighted by Crippen LogP contribution is 2.20. The van der Waals surface area contributed by atoms with Crippen molar-refractivity contribution in [2.24, 2.45) is 7.05 Å². The molecule has 0 N–H and O–H groups in total. The number of carbonyl (C=O) groups excluding carboxylic acids is 1. The molecule has 0 radical (unpaired) electrons. The van der Waals surface area contributed by atoms with Crippen LogP contribution in [-0.2, 0) is 7.05 Å². The fourth-order valence-corrected chi connectivity index (χ4v) is 2.08. The number of halogens is 2. The molecule has 0 saturated carbocycles. The first kappa shape index (κ1) is 12.0. The van der Waals surface area contributed by atoms with E-state index in [1.165, 1.54) is 16.2 Å². The third kappa shape index (κ3) is 1.90. The summed E-state index contributed by atoms with van der Waals surface area (Å²) < 4.78 is 2.42. The van der Waals surface area contributed by atoms with E-state index in [9.17, 15) is 9.59 Å². The van der Waals surface area contributed by atoms with Gasteiger partial charge < -0.3 is 0 Å². The molecule has 2 rings (SSSR count). The maximum Gasteiger partial charge on any atom is 0.334 e. The molecule has 6 heteroatoms. The number of nitrogens with zero attached hydrogens (tertiary/aromatic N) is 2. The molecule has 0 bridgehead atoms. The van der Waals surface area contributed by atoms with E-state index in [1.54, 1.807) is 24.3 Å². The predicted molar refractivity (Wildman–Crippen MR) is 66.4 cm³/mol. The molecular weight excluding hydrogens is 263 g/mol. The van der Waals surface area contributed by atoms with Gasteiger partial charge in [0.1, 0.15) is 10.8 Å². The lowest BCUT2D eigenvalue weighted by Gasteiger charge is -2.02. The van der Waals surface area contributed by atoms with Crippen LogP contribution < -0.4 is 5.69 Å². The Morgan fingerprint density at radius 3 is 2.53 bits per heavy atom. The Balaban J connectivity index is 2.77. The molecule has 0 atom stereocenters. The largest absolute Gasteiger partial charge is 0.334 e. The Morgan fingerprint density at radius 2 is 2.00 bits per heavy atom. The topological polar surface area (TPSA) is 44.0 Å². The van der Waals surface area contributed by atoms with E-state index in [0.717, 1.165) is 0 Å². The van der Waals surface area contributed by atoms with Crippen LogP contribution in [0.3, 0.4) is 0 Å². The van der Waals surface area contributed by atoms with Crippen LogP contribution in [0, 0.1) is 0 Å². The van der Waals surface area contributed by atoms with Gasteiger partial charge in [-0.25, -0.2) is 4.79 Å². The minimum atomic E-state index is -0.389. The van der Waals surface area contributed by atoms with Crippen molar-refractivity contribution in [3.05, 3.63) is 50.6 Å². The van der Waals surface area contributed by atoms with Crippen LogP contribution in [0.15, 0.2) is 29.1 Å². The highest BCUT2D eigenvalue weighted by Gasteiger charge is 2.16. The van der Waals surface area contributed by atoms with E-state index in [1.807, 2.05) is 0 Å². The molecule has 0 unspecified atom stereocenters. The van der Waals surface area contributed by atoms with Gasteiger partial charge >= 0.3 is 5.69 Å². The minimum absolute atomic E-state index is 0.0785. The second kappa shape index (κ2) is 4.39. The van der Waals surface area contributed by atoms with Gasteiger partial charge in [0, 0.05) is 12.1 Å². The number of aldehydes is 1. The third-order valence-corrected chi connectivity index (χ3v) is 3.02. The molecule has 0 aliphatic heterocycles. The van der Waals surface area contributed by atoms with Crippen LogP contribution in [-0.4, -0.2) is 15.4 Å². The van der Waals surface area contributed by atoms with Crippen LogP contribution in [0.2, 0.25) is 10.2 Å². The summed E-state index contributed by atoms with van der Waals surface area (Å²) in [5, 5.41) is 0.566. The zero-order chi connectivity index (χ0) is 12.6. The van der Waals surface area contributed by atoms with E-state index >= 15 is 0 Å². The lowest BCUT2D eigenvalue weighted by atomic mass is 10.3. The molecule has 1 heterocycles. The average Bonchev–Trinajstić information content (AvgIpc) is 2.50. The highest BCUT2D eigenvalue weighted by atomic mass is 35.5. The predicted octanol–water partition coefficient (Wildman–Crippen LogP) is 2.30. The number of rotatable bonds is 2. The summed E-state index contributed by atoms with van der Waals surface area (Å²) in [6.45, 7) is 0. The van der Waals surface area contributed by atoms with Crippen LogP contribution >= 0.6 is 23.2 Å². The van der Waals surface area contributed by atoms with Crippen LogP contribution in [0.4, 0.5) is 0 Å². The number of hydrogen-bond donors (Lipinski definition) is 0. The van der Waals surface area contributed by atoms with Gasteiger partial charge in [0.05, 0.1) is 5.69 Å². The highest BCUT2D eigenvalue weighted by molar-refractivity contribution is 6.32. The molecule has 2 aromatic rings. The molecule has 1 aromatic carbocycles. The van der Waals surface area contributed by atoms with Crippen LogP contribution in [0.5, 0.6) is 0 Å². The van der Waals surface area contributed by atoms with Gasteiger partial charge in [0.15, 0.2) is 6.29 Å². The number of hydrogen-bond acceptors (Lipinski definition) is 2. The molecule has 1 aromatic heterocycles. The molecule has 0 saturated heterocycles. The Labute approximate surface area is 107 Å². The normalized spacial score (nSPS) is 10.5. The van der Waals surface area contributed by atoms with E-state index < -0.39 is 0 Å². The van der Waals surface area contributed by atoms with Gasteiger partial charge in [0.25, 0.3) is 0 Å². The summed E-state index contributed by atoms with van der Waals surface area (Å²) in [4.78, 5) is 22.7. The fraction of sp³-hybridized carbons (Fsp3) is 0.0909. The molecular formula is C11H8Cl2N2O2. The van der Waals surface area contributed by atoms with Gasteiger partial charge in [-0.1, -0.05) is 29.3 Å². The molecule has 0 aliphatic rings. The lowest BCUT2D eigenvalue weighted by Crippen LogP contribution is -2.21. The average molecular weight is 271 g/mol. The SMILES string of the molecule is Cn1c(C=O)c(Cl)n(-c2cccc(Cl)c2)c1=O. The maximum atomic E-state index is 11.9. The van der Waals surface area contributed by atoms with E-state index in [0.29, 0.717) is 17.0 Å². The molecule has 4 nitrogen and oxygen atoms in total. The number of imidazole rings is 1. The summed E-state index contributed by atoms with van der Waals surface area (Å²) in [6, 6.07) is 6.68. The second-order valence-electron chi connectivity index (χ2n) is 3.45. The zero-order valence-corrected chi connectivity index (χ0v) is 10.4. The van der Waals surface area contributed by atoms with E-state index in [2.05, 4.69) is 0 Å². The van der Waals surface area contributed by atoms with Gasteiger partial charge in [0.2, 0.25) is 0 Å². The first-order valence-electron chi connectivity index (χ1n) is 4.74. The van der Waals surface area contributed by atoms with Gasteiger partial charge in [-0.05, 0) is 18.2 Å².